The normalized spacial score (nSPS) is 9.27. The number of rotatable bonds is 1. The van der Waals surface area contributed by atoms with Gasteiger partial charge in [0.15, 0.2) is 0 Å². The van der Waals surface area contributed by atoms with Crippen molar-refractivity contribution in [2.45, 2.75) is 6.92 Å². The fraction of sp³-hybridized carbons (Fsp3) is 0.125. The van der Waals surface area contributed by atoms with Gasteiger partial charge in [0.05, 0.1) is 0 Å². The van der Waals surface area contributed by atoms with Crippen molar-refractivity contribution >= 4 is 34.2 Å². The van der Waals surface area contributed by atoms with Gasteiger partial charge in [-0.2, -0.15) is 0 Å². The zero-order chi connectivity index (χ0) is 8.27. The van der Waals surface area contributed by atoms with Crippen molar-refractivity contribution < 1.29 is 4.79 Å². The molecule has 57 valence electrons. The molecule has 11 heavy (non-hydrogen) atoms. The van der Waals surface area contributed by atoms with Gasteiger partial charge in [-0.15, -0.1) is 0 Å². The summed E-state index contributed by atoms with van der Waals surface area (Å²) in [6.07, 6.45) is 0. The topological polar surface area (TPSA) is 29.1 Å². The van der Waals surface area contributed by atoms with Crippen molar-refractivity contribution in [2.24, 2.45) is 0 Å². The largest absolute Gasteiger partial charge is 0.326 e. The second kappa shape index (κ2) is 3.71. The Kier molecular flexibility index (Phi) is 2.87. The van der Waals surface area contributed by atoms with Gasteiger partial charge in [-0.05, 0) is 46.9 Å². The van der Waals surface area contributed by atoms with E-state index >= 15 is 0 Å². The van der Waals surface area contributed by atoms with Crippen LogP contribution in [0.4, 0.5) is 5.69 Å². The third-order valence-corrected chi connectivity index (χ3v) is 1.70. The zero-order valence-electron chi connectivity index (χ0n) is 6.02. The number of amides is 1. The van der Waals surface area contributed by atoms with Crippen LogP contribution in [0.25, 0.3) is 0 Å². The average molecular weight is 260 g/mol. The van der Waals surface area contributed by atoms with Crippen molar-refractivity contribution in [2.75, 3.05) is 5.32 Å². The van der Waals surface area contributed by atoms with Crippen LogP contribution in [-0.2, 0) is 4.79 Å². The van der Waals surface area contributed by atoms with E-state index in [-0.39, 0.29) is 5.91 Å². The van der Waals surface area contributed by atoms with Gasteiger partial charge < -0.3 is 5.32 Å². The summed E-state index contributed by atoms with van der Waals surface area (Å²) in [5.74, 6) is -0.0552. The third kappa shape index (κ3) is 2.88. The van der Waals surface area contributed by atoms with Crippen LogP contribution in [0.1, 0.15) is 6.92 Å². The summed E-state index contributed by atoms with van der Waals surface area (Å²) < 4.78 is 1.06. The van der Waals surface area contributed by atoms with Crippen molar-refractivity contribution in [1.29, 1.82) is 0 Å². The Morgan fingerprint density at radius 1 is 1.64 bits per heavy atom. The molecule has 1 N–H and O–H groups in total. The van der Waals surface area contributed by atoms with Crippen LogP contribution < -0.4 is 5.32 Å². The van der Waals surface area contributed by atoms with Gasteiger partial charge >= 0.3 is 0 Å². The highest BCUT2D eigenvalue weighted by molar-refractivity contribution is 14.1. The molecule has 0 aliphatic rings. The SMILES string of the molecule is CC(=O)Nc1c[c]cc(I)c1. The van der Waals surface area contributed by atoms with Crippen molar-refractivity contribution in [3.8, 4) is 0 Å². The molecule has 1 radical (unpaired) electrons. The Morgan fingerprint density at radius 3 is 2.91 bits per heavy atom. The molecule has 3 heteroatoms. The lowest BCUT2D eigenvalue weighted by Gasteiger charge is -2.00. The summed E-state index contributed by atoms with van der Waals surface area (Å²) in [7, 11) is 0. The minimum Gasteiger partial charge on any atom is -0.326 e. The van der Waals surface area contributed by atoms with E-state index in [1.165, 1.54) is 6.92 Å². The highest BCUT2D eigenvalue weighted by atomic mass is 127. The summed E-state index contributed by atoms with van der Waals surface area (Å²) in [5.41, 5.74) is 0.796. The van der Waals surface area contributed by atoms with Crippen LogP contribution in [0.5, 0.6) is 0 Å². The van der Waals surface area contributed by atoms with E-state index in [2.05, 4.69) is 34.0 Å². The van der Waals surface area contributed by atoms with Gasteiger partial charge in [-0.3, -0.25) is 4.79 Å². The number of halogens is 1. The Morgan fingerprint density at radius 2 is 2.36 bits per heavy atom. The molecular weight excluding hydrogens is 253 g/mol. The van der Waals surface area contributed by atoms with Gasteiger partial charge in [0.1, 0.15) is 0 Å². The fourth-order valence-electron chi connectivity index (χ4n) is 0.718. The molecule has 1 aromatic carbocycles. The standard InChI is InChI=1S/C8H7INO/c1-6(11)10-8-4-2-3-7(9)5-8/h3-5H,1H3,(H,10,11). The van der Waals surface area contributed by atoms with Crippen molar-refractivity contribution in [3.05, 3.63) is 27.8 Å². The predicted molar refractivity (Wildman–Crippen MR) is 52.3 cm³/mol. The van der Waals surface area contributed by atoms with Gasteiger partial charge in [-0.25, -0.2) is 0 Å². The molecule has 0 aliphatic carbocycles. The minimum absolute atomic E-state index is 0.0552. The van der Waals surface area contributed by atoms with E-state index in [0.717, 1.165) is 9.26 Å². The first-order chi connectivity index (χ1) is 5.18. The molecule has 0 aliphatic heterocycles. The Balaban J connectivity index is 2.79. The molecule has 0 unspecified atom stereocenters. The predicted octanol–water partition coefficient (Wildman–Crippen LogP) is 2.05. The molecule has 0 atom stereocenters. The molecule has 0 spiro atoms. The van der Waals surface area contributed by atoms with Crippen LogP contribution in [-0.4, -0.2) is 5.91 Å². The highest BCUT2D eigenvalue weighted by Crippen LogP contribution is 2.11. The molecule has 0 aromatic heterocycles. The van der Waals surface area contributed by atoms with Gasteiger partial charge in [0.25, 0.3) is 0 Å². The lowest BCUT2D eigenvalue weighted by atomic mass is 10.3. The van der Waals surface area contributed by atoms with Gasteiger partial charge in [0, 0.05) is 16.2 Å². The van der Waals surface area contributed by atoms with Crippen LogP contribution >= 0.6 is 22.6 Å². The molecule has 0 saturated heterocycles. The van der Waals surface area contributed by atoms with E-state index < -0.39 is 0 Å². The van der Waals surface area contributed by atoms with Crippen LogP contribution in [0, 0.1) is 9.64 Å². The Labute approximate surface area is 79.1 Å². The number of hydrogen-bond donors (Lipinski definition) is 1. The van der Waals surface area contributed by atoms with Crippen LogP contribution in [0.2, 0.25) is 0 Å². The maximum absolute atomic E-state index is 10.6. The molecule has 0 bridgehead atoms. The highest BCUT2D eigenvalue weighted by Gasteiger charge is 1.94. The van der Waals surface area contributed by atoms with Gasteiger partial charge in [-0.1, -0.05) is 0 Å². The summed E-state index contributed by atoms with van der Waals surface area (Å²) in [6, 6.07) is 8.39. The number of carbonyl (C=O) groups is 1. The minimum atomic E-state index is -0.0552. The van der Waals surface area contributed by atoms with E-state index in [0.29, 0.717) is 0 Å². The Bertz CT molecular complexity index is 273. The van der Waals surface area contributed by atoms with Crippen LogP contribution in [0.15, 0.2) is 18.2 Å². The lowest BCUT2D eigenvalue weighted by Crippen LogP contribution is -2.05. The average Bonchev–Trinajstić information content (AvgIpc) is 1.85. The first kappa shape index (κ1) is 8.52. The number of anilines is 1. The summed E-state index contributed by atoms with van der Waals surface area (Å²) in [4.78, 5) is 10.6. The van der Waals surface area contributed by atoms with E-state index in [1.807, 2.05) is 12.1 Å². The second-order valence-electron chi connectivity index (χ2n) is 2.12. The van der Waals surface area contributed by atoms with Gasteiger partial charge in [0.2, 0.25) is 5.91 Å². The third-order valence-electron chi connectivity index (χ3n) is 1.07. The summed E-state index contributed by atoms with van der Waals surface area (Å²) >= 11 is 2.17. The molecule has 1 rings (SSSR count). The summed E-state index contributed by atoms with van der Waals surface area (Å²) in [6.45, 7) is 1.49. The monoisotopic (exact) mass is 260 g/mol. The lowest BCUT2D eigenvalue weighted by molar-refractivity contribution is -0.114. The molecule has 1 aromatic rings. The molecule has 2 nitrogen and oxygen atoms in total. The van der Waals surface area contributed by atoms with Crippen molar-refractivity contribution in [3.63, 3.8) is 0 Å². The number of carbonyl (C=O) groups excluding carboxylic acids is 1. The molecular formula is C8H7INO. The van der Waals surface area contributed by atoms with E-state index in [9.17, 15) is 4.79 Å². The summed E-state index contributed by atoms with van der Waals surface area (Å²) in [5, 5.41) is 2.67. The smallest absolute Gasteiger partial charge is 0.221 e. The fourth-order valence-corrected chi connectivity index (χ4v) is 1.23. The number of benzene rings is 1. The first-order valence-electron chi connectivity index (χ1n) is 3.13. The number of nitrogens with one attached hydrogen (secondary N) is 1. The first-order valence-corrected chi connectivity index (χ1v) is 4.20. The zero-order valence-corrected chi connectivity index (χ0v) is 8.18. The maximum atomic E-state index is 10.6. The van der Waals surface area contributed by atoms with Crippen molar-refractivity contribution in [1.82, 2.24) is 0 Å². The second-order valence-corrected chi connectivity index (χ2v) is 3.37. The molecule has 0 heterocycles. The van der Waals surface area contributed by atoms with E-state index in [4.69, 9.17) is 0 Å². The Hall–Kier alpha value is -0.580. The molecule has 1 amide bonds. The van der Waals surface area contributed by atoms with E-state index in [1.54, 1.807) is 6.07 Å². The quantitative estimate of drug-likeness (QED) is 0.769. The maximum Gasteiger partial charge on any atom is 0.221 e. The molecule has 0 saturated carbocycles. The molecule has 0 fully saturated rings. The number of hydrogen-bond acceptors (Lipinski definition) is 1. The van der Waals surface area contributed by atoms with Crippen LogP contribution in [0.3, 0.4) is 0 Å².